The number of nitrogens with zero attached hydrogens (tertiary/aromatic N) is 2. The van der Waals surface area contributed by atoms with Gasteiger partial charge in [0, 0.05) is 25.3 Å². The van der Waals surface area contributed by atoms with E-state index in [9.17, 15) is 0 Å². The molecule has 2 saturated heterocycles. The van der Waals surface area contributed by atoms with Gasteiger partial charge in [0.05, 0.1) is 6.54 Å². The van der Waals surface area contributed by atoms with E-state index in [1.807, 2.05) is 6.07 Å². The van der Waals surface area contributed by atoms with Crippen molar-refractivity contribution in [3.8, 4) is 0 Å². The lowest BCUT2D eigenvalue weighted by atomic mass is 9.88. The summed E-state index contributed by atoms with van der Waals surface area (Å²) < 4.78 is 5.58. The number of aliphatic imine (C=N–C) groups is 1. The fourth-order valence-electron chi connectivity index (χ4n) is 3.78. The van der Waals surface area contributed by atoms with Crippen LogP contribution >= 0.6 is 24.0 Å². The normalized spacial score (nSPS) is 20.9. The minimum absolute atomic E-state index is 0. The van der Waals surface area contributed by atoms with E-state index < -0.39 is 0 Å². The number of hydrogen-bond acceptors (Lipinski definition) is 3. The summed E-state index contributed by atoms with van der Waals surface area (Å²) in [6.07, 6.45) is 5.69. The third kappa shape index (κ3) is 5.82. The SMILES string of the molecule is I.NC(=NCC1(N2CCCC2)CCOCC1)NCCc1ccccc1. The topological polar surface area (TPSA) is 62.9 Å². The van der Waals surface area contributed by atoms with Crippen molar-refractivity contribution in [2.45, 2.75) is 37.6 Å². The minimum Gasteiger partial charge on any atom is -0.381 e. The molecule has 2 heterocycles. The maximum atomic E-state index is 6.10. The molecule has 1 aromatic rings. The van der Waals surface area contributed by atoms with E-state index in [1.165, 1.54) is 31.5 Å². The molecule has 1 aromatic carbocycles. The number of nitrogens with one attached hydrogen (secondary N) is 1. The number of hydrogen-bond donors (Lipinski definition) is 2. The number of rotatable bonds is 6. The van der Waals surface area contributed by atoms with E-state index in [-0.39, 0.29) is 29.5 Å². The molecular formula is C19H31IN4O. The average molecular weight is 458 g/mol. The Morgan fingerprint density at radius 3 is 2.52 bits per heavy atom. The van der Waals surface area contributed by atoms with Gasteiger partial charge in [-0.05, 0) is 50.8 Å². The summed E-state index contributed by atoms with van der Waals surface area (Å²) in [5.74, 6) is 0.566. The number of likely N-dealkylation sites (tertiary alicyclic amines) is 1. The lowest BCUT2D eigenvalue weighted by Crippen LogP contribution is -2.53. The molecule has 6 heteroatoms. The average Bonchev–Trinajstić information content (AvgIpc) is 3.17. The third-order valence-corrected chi connectivity index (χ3v) is 5.31. The fourth-order valence-corrected chi connectivity index (χ4v) is 3.78. The predicted molar refractivity (Wildman–Crippen MR) is 114 cm³/mol. The molecule has 0 aliphatic carbocycles. The number of benzene rings is 1. The summed E-state index contributed by atoms with van der Waals surface area (Å²) in [4.78, 5) is 7.30. The lowest BCUT2D eigenvalue weighted by molar-refractivity contribution is -0.0138. The van der Waals surface area contributed by atoms with Crippen LogP contribution in [0.5, 0.6) is 0 Å². The van der Waals surface area contributed by atoms with Crippen LogP contribution in [-0.4, -0.2) is 55.8 Å². The van der Waals surface area contributed by atoms with Gasteiger partial charge < -0.3 is 15.8 Å². The van der Waals surface area contributed by atoms with Gasteiger partial charge in [-0.2, -0.15) is 0 Å². The van der Waals surface area contributed by atoms with Gasteiger partial charge in [0.1, 0.15) is 0 Å². The van der Waals surface area contributed by atoms with Crippen molar-refractivity contribution in [3.05, 3.63) is 35.9 Å². The number of ether oxygens (including phenoxy) is 1. The summed E-state index contributed by atoms with van der Waals surface area (Å²) in [6, 6.07) is 10.5. The Bertz CT molecular complexity index is 525. The van der Waals surface area contributed by atoms with Crippen LogP contribution in [0.1, 0.15) is 31.2 Å². The molecule has 25 heavy (non-hydrogen) atoms. The van der Waals surface area contributed by atoms with E-state index in [0.29, 0.717) is 5.96 Å². The highest BCUT2D eigenvalue weighted by molar-refractivity contribution is 14.0. The van der Waals surface area contributed by atoms with Gasteiger partial charge in [-0.3, -0.25) is 9.89 Å². The first-order chi connectivity index (χ1) is 11.8. The Morgan fingerprint density at radius 2 is 1.84 bits per heavy atom. The molecular weight excluding hydrogens is 427 g/mol. The zero-order valence-electron chi connectivity index (χ0n) is 15.0. The van der Waals surface area contributed by atoms with Gasteiger partial charge in [0.15, 0.2) is 5.96 Å². The van der Waals surface area contributed by atoms with Gasteiger partial charge >= 0.3 is 0 Å². The van der Waals surface area contributed by atoms with Gasteiger partial charge in [-0.15, -0.1) is 24.0 Å². The summed E-state index contributed by atoms with van der Waals surface area (Å²) in [7, 11) is 0. The zero-order valence-corrected chi connectivity index (χ0v) is 17.3. The standard InChI is InChI=1S/C19H30N4O.HI/c20-18(21-11-8-17-6-2-1-3-7-17)22-16-19(9-14-24-15-10-19)23-12-4-5-13-23;/h1-3,6-7H,4-5,8-16H2,(H3,20,21,22);1H. The molecule has 2 aliphatic rings. The van der Waals surface area contributed by atoms with E-state index in [1.54, 1.807) is 0 Å². The van der Waals surface area contributed by atoms with E-state index in [2.05, 4.69) is 39.5 Å². The Balaban J connectivity index is 0.00000225. The van der Waals surface area contributed by atoms with Crippen LogP contribution in [0, 0.1) is 0 Å². The number of guanidine groups is 1. The number of nitrogens with two attached hydrogens (primary N) is 1. The summed E-state index contributed by atoms with van der Waals surface area (Å²) in [6.45, 7) is 5.66. The molecule has 2 aliphatic heterocycles. The summed E-state index contributed by atoms with van der Waals surface area (Å²) in [5.41, 5.74) is 7.57. The van der Waals surface area contributed by atoms with Crippen molar-refractivity contribution in [1.29, 1.82) is 0 Å². The second kappa shape index (κ2) is 10.3. The van der Waals surface area contributed by atoms with Crippen LogP contribution in [0.3, 0.4) is 0 Å². The highest BCUT2D eigenvalue weighted by Crippen LogP contribution is 2.31. The largest absolute Gasteiger partial charge is 0.381 e. The molecule has 0 atom stereocenters. The molecule has 0 aromatic heterocycles. The molecule has 0 spiro atoms. The number of halogens is 1. The Kier molecular flexibility index (Phi) is 8.45. The van der Waals surface area contributed by atoms with Gasteiger partial charge in [0.2, 0.25) is 0 Å². The molecule has 0 saturated carbocycles. The van der Waals surface area contributed by atoms with Crippen molar-refractivity contribution in [2.24, 2.45) is 10.7 Å². The van der Waals surface area contributed by atoms with Crippen LogP contribution in [-0.2, 0) is 11.2 Å². The molecule has 3 N–H and O–H groups in total. The highest BCUT2D eigenvalue weighted by Gasteiger charge is 2.39. The Hall–Kier alpha value is -0.860. The van der Waals surface area contributed by atoms with Crippen LogP contribution in [0.15, 0.2) is 35.3 Å². The maximum absolute atomic E-state index is 6.10. The van der Waals surface area contributed by atoms with Gasteiger partial charge in [-0.1, -0.05) is 30.3 Å². The smallest absolute Gasteiger partial charge is 0.188 e. The van der Waals surface area contributed by atoms with Gasteiger partial charge in [0.25, 0.3) is 0 Å². The second-order valence-corrected chi connectivity index (χ2v) is 6.89. The van der Waals surface area contributed by atoms with Crippen molar-refractivity contribution >= 4 is 29.9 Å². The molecule has 2 fully saturated rings. The van der Waals surface area contributed by atoms with Crippen LogP contribution in [0.2, 0.25) is 0 Å². The van der Waals surface area contributed by atoms with Crippen molar-refractivity contribution < 1.29 is 4.74 Å². The van der Waals surface area contributed by atoms with Gasteiger partial charge in [-0.25, -0.2) is 0 Å². The summed E-state index contributed by atoms with van der Waals surface area (Å²) >= 11 is 0. The van der Waals surface area contributed by atoms with Crippen LogP contribution < -0.4 is 11.1 Å². The molecule has 0 bridgehead atoms. The zero-order chi connectivity index (χ0) is 16.7. The molecule has 5 nitrogen and oxygen atoms in total. The monoisotopic (exact) mass is 458 g/mol. The molecule has 140 valence electrons. The second-order valence-electron chi connectivity index (χ2n) is 6.89. The van der Waals surface area contributed by atoms with E-state index >= 15 is 0 Å². The maximum Gasteiger partial charge on any atom is 0.188 e. The Morgan fingerprint density at radius 1 is 1.16 bits per heavy atom. The fraction of sp³-hybridized carbons (Fsp3) is 0.632. The first kappa shape index (κ1) is 20.5. The van der Waals surface area contributed by atoms with Crippen molar-refractivity contribution in [3.63, 3.8) is 0 Å². The highest BCUT2D eigenvalue weighted by atomic mass is 127. The predicted octanol–water partition coefficient (Wildman–Crippen LogP) is 2.40. The first-order valence-electron chi connectivity index (χ1n) is 9.19. The van der Waals surface area contributed by atoms with E-state index in [0.717, 1.165) is 45.6 Å². The van der Waals surface area contributed by atoms with Crippen molar-refractivity contribution in [1.82, 2.24) is 10.2 Å². The minimum atomic E-state index is 0. The van der Waals surface area contributed by atoms with Crippen molar-refractivity contribution in [2.75, 3.05) is 39.4 Å². The first-order valence-corrected chi connectivity index (χ1v) is 9.19. The molecule has 3 rings (SSSR count). The van der Waals surface area contributed by atoms with E-state index in [4.69, 9.17) is 10.5 Å². The molecule has 0 amide bonds. The van der Waals surface area contributed by atoms with Crippen LogP contribution in [0.4, 0.5) is 0 Å². The summed E-state index contributed by atoms with van der Waals surface area (Å²) in [5, 5.41) is 3.26. The lowest BCUT2D eigenvalue weighted by Gasteiger charge is -2.43. The van der Waals surface area contributed by atoms with Crippen LogP contribution in [0.25, 0.3) is 0 Å². The molecule has 0 radical (unpaired) electrons. The Labute approximate surface area is 168 Å². The quantitative estimate of drug-likeness (QED) is 0.391. The third-order valence-electron chi connectivity index (χ3n) is 5.31. The molecule has 0 unspecified atom stereocenters.